The van der Waals surface area contributed by atoms with E-state index in [0.717, 1.165) is 12.8 Å². The van der Waals surface area contributed by atoms with Gasteiger partial charge in [0.15, 0.2) is 0 Å². The summed E-state index contributed by atoms with van der Waals surface area (Å²) >= 11 is 0. The van der Waals surface area contributed by atoms with Crippen LogP contribution in [0.25, 0.3) is 0 Å². The number of esters is 1. The summed E-state index contributed by atoms with van der Waals surface area (Å²) in [7, 11) is 1.34. The Morgan fingerprint density at radius 2 is 1.87 bits per heavy atom. The first-order valence-electron chi connectivity index (χ1n) is 4.49. The summed E-state index contributed by atoms with van der Waals surface area (Å²) in [5, 5.41) is 0. The van der Waals surface area contributed by atoms with Gasteiger partial charge in [-0.3, -0.25) is 4.79 Å². The largest absolute Gasteiger partial charge is 0.468 e. The van der Waals surface area contributed by atoms with Crippen molar-refractivity contribution in [1.29, 1.82) is 0 Å². The first-order valence-corrected chi connectivity index (χ1v) is 4.49. The van der Waals surface area contributed by atoms with Crippen LogP contribution in [-0.4, -0.2) is 24.7 Å². The summed E-state index contributed by atoms with van der Waals surface area (Å²) in [4.78, 5) is 10.9. The van der Waals surface area contributed by atoms with Crippen LogP contribution in [0.2, 0.25) is 0 Å². The minimum absolute atomic E-state index is 0. The monoisotopic (exact) mass is 260 g/mol. The average molecular weight is 261 g/mol. The second-order valence-electron chi connectivity index (χ2n) is 4.01. The van der Waals surface area contributed by atoms with Crippen molar-refractivity contribution in [2.75, 3.05) is 7.11 Å². The van der Waals surface area contributed by atoms with E-state index in [2.05, 4.69) is 4.74 Å². The minimum atomic E-state index is -0.507. The van der Waals surface area contributed by atoms with E-state index in [1.807, 2.05) is 13.8 Å². The highest BCUT2D eigenvalue weighted by atomic mass is 35.5. The van der Waals surface area contributed by atoms with Crippen molar-refractivity contribution < 1.29 is 9.53 Å². The van der Waals surface area contributed by atoms with Gasteiger partial charge in [0.25, 0.3) is 0 Å². The van der Waals surface area contributed by atoms with Gasteiger partial charge in [0.2, 0.25) is 0 Å². The maximum Gasteiger partial charge on any atom is 0.322 e. The van der Waals surface area contributed by atoms with E-state index < -0.39 is 6.04 Å². The van der Waals surface area contributed by atoms with E-state index in [4.69, 9.17) is 11.5 Å². The fourth-order valence-corrected chi connectivity index (χ4v) is 1.05. The van der Waals surface area contributed by atoms with Crippen LogP contribution in [0.4, 0.5) is 0 Å². The van der Waals surface area contributed by atoms with Gasteiger partial charge in [0, 0.05) is 5.54 Å². The zero-order valence-electron chi connectivity index (χ0n) is 9.49. The van der Waals surface area contributed by atoms with Crippen LogP contribution in [-0.2, 0) is 9.53 Å². The second kappa shape index (κ2) is 9.21. The number of carbonyl (C=O) groups is 1. The number of hydrogen-bond donors (Lipinski definition) is 2. The first kappa shape index (κ1) is 20.4. The topological polar surface area (TPSA) is 78.3 Å². The molecule has 0 aromatic carbocycles. The van der Waals surface area contributed by atoms with Crippen LogP contribution in [0.1, 0.15) is 33.1 Å². The molecule has 0 aliphatic heterocycles. The molecule has 0 aromatic heterocycles. The van der Waals surface area contributed by atoms with Crippen molar-refractivity contribution >= 4 is 30.8 Å². The number of nitrogens with two attached hydrogens (primary N) is 2. The van der Waals surface area contributed by atoms with E-state index in [0.29, 0.717) is 6.42 Å². The normalized spacial score (nSPS) is 12.1. The van der Waals surface area contributed by atoms with Gasteiger partial charge in [-0.2, -0.15) is 0 Å². The first-order chi connectivity index (χ1) is 5.87. The average Bonchev–Trinajstić information content (AvgIpc) is 2.00. The van der Waals surface area contributed by atoms with Gasteiger partial charge in [0.1, 0.15) is 6.04 Å². The molecule has 0 fully saturated rings. The third-order valence-electron chi connectivity index (χ3n) is 1.84. The number of carbonyl (C=O) groups excluding carboxylic acids is 1. The lowest BCUT2D eigenvalue weighted by molar-refractivity contribution is -0.142. The molecule has 15 heavy (non-hydrogen) atoms. The molecule has 0 aliphatic rings. The SMILES string of the molecule is COC(=O)[C@@H](N)CCCC(C)(C)N.Cl.Cl. The highest BCUT2D eigenvalue weighted by molar-refractivity contribution is 5.85. The molecule has 6 heteroatoms. The van der Waals surface area contributed by atoms with Crippen molar-refractivity contribution in [3.8, 4) is 0 Å². The molecule has 4 nitrogen and oxygen atoms in total. The summed E-state index contributed by atoms with van der Waals surface area (Å²) in [5.74, 6) is -0.352. The van der Waals surface area contributed by atoms with E-state index in [1.54, 1.807) is 0 Å². The van der Waals surface area contributed by atoms with Gasteiger partial charge in [-0.05, 0) is 33.1 Å². The molecule has 0 aromatic rings. The number of methoxy groups -OCH3 is 1. The van der Waals surface area contributed by atoms with Crippen LogP contribution >= 0.6 is 24.8 Å². The van der Waals surface area contributed by atoms with Gasteiger partial charge >= 0.3 is 5.97 Å². The molecule has 0 rings (SSSR count). The molecule has 0 bridgehead atoms. The standard InChI is InChI=1S/C9H20N2O2.2ClH/c1-9(2,11)6-4-5-7(10)8(12)13-3;;/h7H,4-6,10-11H2,1-3H3;2*1H/t7-;;/m0../s1. The van der Waals surface area contributed by atoms with Crippen LogP contribution in [0.3, 0.4) is 0 Å². The number of halogens is 2. The lowest BCUT2D eigenvalue weighted by Gasteiger charge is -2.18. The fraction of sp³-hybridized carbons (Fsp3) is 0.889. The summed E-state index contributed by atoms with van der Waals surface area (Å²) < 4.78 is 4.50. The minimum Gasteiger partial charge on any atom is -0.468 e. The maximum absolute atomic E-state index is 10.9. The van der Waals surface area contributed by atoms with E-state index in [1.165, 1.54) is 7.11 Å². The van der Waals surface area contributed by atoms with E-state index in [-0.39, 0.29) is 36.3 Å². The Morgan fingerprint density at radius 1 is 1.40 bits per heavy atom. The van der Waals surface area contributed by atoms with E-state index >= 15 is 0 Å². The quantitative estimate of drug-likeness (QED) is 0.730. The molecule has 0 unspecified atom stereocenters. The zero-order chi connectivity index (χ0) is 10.5. The Bertz CT molecular complexity index is 172. The van der Waals surface area contributed by atoms with Crippen LogP contribution in [0.5, 0.6) is 0 Å². The molecule has 0 aliphatic carbocycles. The van der Waals surface area contributed by atoms with E-state index in [9.17, 15) is 4.79 Å². The second-order valence-corrected chi connectivity index (χ2v) is 4.01. The Labute approximate surface area is 104 Å². The number of rotatable bonds is 5. The highest BCUT2D eigenvalue weighted by Gasteiger charge is 2.15. The number of hydrogen-bond acceptors (Lipinski definition) is 4. The molecule has 0 saturated heterocycles. The van der Waals surface area contributed by atoms with Crippen molar-refractivity contribution in [2.45, 2.75) is 44.7 Å². The summed E-state index contributed by atoms with van der Waals surface area (Å²) in [6.07, 6.45) is 2.34. The van der Waals surface area contributed by atoms with Crippen molar-refractivity contribution in [3.63, 3.8) is 0 Å². The van der Waals surface area contributed by atoms with Crippen molar-refractivity contribution in [3.05, 3.63) is 0 Å². The Hall–Kier alpha value is -0.0300. The maximum atomic E-state index is 10.9. The van der Waals surface area contributed by atoms with Crippen LogP contribution in [0, 0.1) is 0 Å². The van der Waals surface area contributed by atoms with Crippen LogP contribution in [0.15, 0.2) is 0 Å². The molecule has 0 saturated carbocycles. The fourth-order valence-electron chi connectivity index (χ4n) is 1.05. The predicted molar refractivity (Wildman–Crippen MR) is 66.6 cm³/mol. The third-order valence-corrected chi connectivity index (χ3v) is 1.84. The predicted octanol–water partition coefficient (Wildman–Crippen LogP) is 1.24. The molecular weight excluding hydrogens is 239 g/mol. The smallest absolute Gasteiger partial charge is 0.322 e. The van der Waals surface area contributed by atoms with Gasteiger partial charge in [-0.15, -0.1) is 24.8 Å². The molecular formula is C9H22Cl2N2O2. The molecule has 0 amide bonds. The molecule has 1 atom stereocenters. The summed E-state index contributed by atoms with van der Waals surface area (Å²) in [5.41, 5.74) is 11.1. The van der Waals surface area contributed by atoms with Gasteiger partial charge in [-0.25, -0.2) is 0 Å². The Balaban J connectivity index is -0.000000720. The Kier molecular flexibility index (Phi) is 12.5. The molecule has 0 spiro atoms. The lowest BCUT2D eigenvalue weighted by atomic mass is 9.97. The summed E-state index contributed by atoms with van der Waals surface area (Å²) in [6, 6.07) is -0.507. The van der Waals surface area contributed by atoms with Crippen molar-refractivity contribution in [1.82, 2.24) is 0 Å². The molecule has 0 heterocycles. The zero-order valence-corrected chi connectivity index (χ0v) is 11.1. The van der Waals surface area contributed by atoms with Crippen LogP contribution < -0.4 is 11.5 Å². The lowest BCUT2D eigenvalue weighted by Crippen LogP contribution is -2.34. The number of ether oxygens (including phenoxy) is 1. The van der Waals surface area contributed by atoms with Gasteiger partial charge < -0.3 is 16.2 Å². The van der Waals surface area contributed by atoms with Gasteiger partial charge in [-0.1, -0.05) is 0 Å². The van der Waals surface area contributed by atoms with Crippen molar-refractivity contribution in [2.24, 2.45) is 11.5 Å². The molecule has 94 valence electrons. The summed E-state index contributed by atoms with van der Waals surface area (Å²) in [6.45, 7) is 3.91. The highest BCUT2D eigenvalue weighted by Crippen LogP contribution is 2.10. The molecule has 0 radical (unpaired) electrons. The Morgan fingerprint density at radius 3 is 2.20 bits per heavy atom. The molecule has 4 N–H and O–H groups in total. The van der Waals surface area contributed by atoms with Gasteiger partial charge in [0.05, 0.1) is 7.11 Å². The third kappa shape index (κ3) is 11.9.